The van der Waals surface area contributed by atoms with Gasteiger partial charge in [0, 0.05) is 32.1 Å². The Morgan fingerprint density at radius 3 is 2.44 bits per heavy atom. The third-order valence-electron chi connectivity index (χ3n) is 8.78. The molecule has 246 valence electrons. The standard InChI is InChI=1S/C34H48N4O7/c1-7-21(2)31(34(41)35-13-8-14-38-15-17-45-18-16-38)37-27-12-10-24-25(20-28(27)40)26(36-22(3)39)11-9-23-19-29(42-4)32(43-5)33(44-6)30(23)24/h10,12,19-21,26,31H,7-9,11,13-18H2,1-6H3,(H,35,41)(H,36,39)(H,37,40)/t21-,26+,31+/m1/s1. The topological polar surface area (TPSA) is 127 Å². The van der Waals surface area contributed by atoms with Crippen LogP contribution in [0.25, 0.3) is 11.1 Å². The number of nitrogens with zero attached hydrogens (tertiary/aromatic N) is 1. The van der Waals surface area contributed by atoms with Crippen LogP contribution in [0.4, 0.5) is 5.69 Å². The van der Waals surface area contributed by atoms with Crippen molar-refractivity contribution in [1.29, 1.82) is 0 Å². The van der Waals surface area contributed by atoms with Crippen LogP contribution in [0.1, 0.15) is 57.2 Å². The van der Waals surface area contributed by atoms with Gasteiger partial charge in [-0.3, -0.25) is 19.3 Å². The summed E-state index contributed by atoms with van der Waals surface area (Å²) in [5.41, 5.74) is 3.15. The number of benzene rings is 1. The Balaban J connectivity index is 1.70. The van der Waals surface area contributed by atoms with Crippen LogP contribution in [0.15, 0.2) is 29.1 Å². The van der Waals surface area contributed by atoms with Crippen LogP contribution >= 0.6 is 0 Å². The summed E-state index contributed by atoms with van der Waals surface area (Å²) < 4.78 is 22.6. The molecule has 1 saturated heterocycles. The fourth-order valence-corrected chi connectivity index (χ4v) is 6.15. The number of hydrogen-bond acceptors (Lipinski definition) is 9. The van der Waals surface area contributed by atoms with Gasteiger partial charge in [0.25, 0.3) is 0 Å². The maximum atomic E-state index is 13.8. The fraction of sp³-hybridized carbons (Fsp3) is 0.559. The molecular weight excluding hydrogens is 576 g/mol. The van der Waals surface area contributed by atoms with E-state index in [1.165, 1.54) is 6.92 Å². The van der Waals surface area contributed by atoms with Crippen LogP contribution in [0.5, 0.6) is 17.2 Å². The first kappa shape index (κ1) is 34.1. The van der Waals surface area contributed by atoms with Crippen molar-refractivity contribution in [3.63, 3.8) is 0 Å². The molecule has 1 aliphatic heterocycles. The van der Waals surface area contributed by atoms with E-state index in [9.17, 15) is 14.4 Å². The molecule has 0 bridgehead atoms. The van der Waals surface area contributed by atoms with E-state index >= 15 is 0 Å². The van der Waals surface area contributed by atoms with Crippen LogP contribution < -0.4 is 35.6 Å². The molecule has 2 aromatic rings. The Morgan fingerprint density at radius 1 is 1.07 bits per heavy atom. The van der Waals surface area contributed by atoms with Crippen LogP contribution in [-0.4, -0.2) is 83.5 Å². The molecule has 3 N–H and O–H groups in total. The zero-order valence-corrected chi connectivity index (χ0v) is 27.4. The van der Waals surface area contributed by atoms with E-state index in [1.807, 2.05) is 26.0 Å². The molecule has 2 aliphatic rings. The summed E-state index contributed by atoms with van der Waals surface area (Å²) in [5.74, 6) is 1.09. The van der Waals surface area contributed by atoms with Gasteiger partial charge in [0.1, 0.15) is 6.04 Å². The minimum absolute atomic E-state index is 0.0309. The number of carbonyl (C=O) groups excluding carboxylic acids is 2. The summed E-state index contributed by atoms with van der Waals surface area (Å²) in [6, 6.07) is 6.05. The van der Waals surface area contributed by atoms with Gasteiger partial charge in [-0.15, -0.1) is 0 Å². The second-order valence-corrected chi connectivity index (χ2v) is 11.7. The lowest BCUT2D eigenvalue weighted by Gasteiger charge is -2.27. The Bertz CT molecular complexity index is 1410. The number of morpholine rings is 1. The molecule has 3 atom stereocenters. The van der Waals surface area contributed by atoms with Gasteiger partial charge in [0.15, 0.2) is 11.5 Å². The van der Waals surface area contributed by atoms with E-state index in [2.05, 4.69) is 20.9 Å². The maximum Gasteiger partial charge on any atom is 0.242 e. The molecule has 0 unspecified atom stereocenters. The van der Waals surface area contributed by atoms with Gasteiger partial charge in [-0.1, -0.05) is 26.3 Å². The van der Waals surface area contributed by atoms with Crippen LogP contribution in [-0.2, 0) is 20.7 Å². The number of aryl methyl sites for hydroxylation is 1. The van der Waals surface area contributed by atoms with Gasteiger partial charge in [-0.2, -0.15) is 0 Å². The predicted octanol–water partition coefficient (Wildman–Crippen LogP) is 3.53. The third kappa shape index (κ3) is 8.07. The zero-order valence-electron chi connectivity index (χ0n) is 27.4. The number of methoxy groups -OCH3 is 3. The van der Waals surface area contributed by atoms with Gasteiger partial charge >= 0.3 is 0 Å². The van der Waals surface area contributed by atoms with Crippen molar-refractivity contribution in [2.24, 2.45) is 5.92 Å². The van der Waals surface area contributed by atoms with Crippen molar-refractivity contribution >= 4 is 17.5 Å². The van der Waals surface area contributed by atoms with Crippen molar-refractivity contribution in [3.05, 3.63) is 45.6 Å². The Morgan fingerprint density at radius 2 is 1.80 bits per heavy atom. The van der Waals surface area contributed by atoms with Crippen molar-refractivity contribution < 1.29 is 28.5 Å². The molecule has 1 aliphatic carbocycles. The molecule has 2 amide bonds. The average Bonchev–Trinajstić information content (AvgIpc) is 3.28. The van der Waals surface area contributed by atoms with Crippen molar-refractivity contribution in [2.75, 3.05) is 66.0 Å². The number of fused-ring (bicyclic) bond motifs is 3. The summed E-state index contributed by atoms with van der Waals surface area (Å²) in [6.45, 7) is 10.2. The molecule has 1 heterocycles. The second-order valence-electron chi connectivity index (χ2n) is 11.7. The molecule has 4 rings (SSSR count). The lowest BCUT2D eigenvalue weighted by atomic mass is 9.95. The highest BCUT2D eigenvalue weighted by Gasteiger charge is 2.30. The summed E-state index contributed by atoms with van der Waals surface area (Å²) in [6.07, 6.45) is 2.75. The van der Waals surface area contributed by atoms with Crippen molar-refractivity contribution in [1.82, 2.24) is 15.5 Å². The molecule has 0 aromatic heterocycles. The lowest BCUT2D eigenvalue weighted by Crippen LogP contribution is -2.45. The van der Waals surface area contributed by atoms with Crippen LogP contribution in [0.3, 0.4) is 0 Å². The molecule has 1 fully saturated rings. The fourth-order valence-electron chi connectivity index (χ4n) is 6.15. The quantitative estimate of drug-likeness (QED) is 0.287. The number of nitrogens with one attached hydrogen (secondary N) is 3. The Kier molecular flexibility index (Phi) is 12.1. The molecule has 11 heteroatoms. The third-order valence-corrected chi connectivity index (χ3v) is 8.78. The first-order valence-corrected chi connectivity index (χ1v) is 15.8. The van der Waals surface area contributed by atoms with Crippen LogP contribution in [0.2, 0.25) is 0 Å². The first-order chi connectivity index (χ1) is 21.7. The number of carbonyl (C=O) groups is 2. The number of amides is 2. The minimum atomic E-state index is -0.606. The van der Waals surface area contributed by atoms with Crippen molar-refractivity contribution in [3.8, 4) is 28.4 Å². The number of rotatable bonds is 13. The summed E-state index contributed by atoms with van der Waals surface area (Å²) in [5, 5.41) is 9.39. The minimum Gasteiger partial charge on any atom is -0.493 e. The summed E-state index contributed by atoms with van der Waals surface area (Å²) in [4.78, 5) is 41.9. The van der Waals surface area contributed by atoms with Crippen LogP contribution in [0, 0.1) is 5.92 Å². The zero-order chi connectivity index (χ0) is 32.5. The molecule has 0 radical (unpaired) electrons. The van der Waals surface area contributed by atoms with E-state index in [0.717, 1.165) is 62.4 Å². The summed E-state index contributed by atoms with van der Waals surface area (Å²) in [7, 11) is 4.69. The lowest BCUT2D eigenvalue weighted by molar-refractivity contribution is -0.123. The van der Waals surface area contributed by atoms with E-state index < -0.39 is 12.1 Å². The smallest absolute Gasteiger partial charge is 0.242 e. The van der Waals surface area contributed by atoms with E-state index in [1.54, 1.807) is 33.5 Å². The molecule has 11 nitrogen and oxygen atoms in total. The molecule has 2 aromatic carbocycles. The predicted molar refractivity (Wildman–Crippen MR) is 174 cm³/mol. The van der Waals surface area contributed by atoms with Crippen molar-refractivity contribution in [2.45, 2.75) is 58.5 Å². The molecular formula is C34H48N4O7. The maximum absolute atomic E-state index is 13.8. The van der Waals surface area contributed by atoms with E-state index in [0.29, 0.717) is 47.9 Å². The largest absolute Gasteiger partial charge is 0.493 e. The van der Waals surface area contributed by atoms with Gasteiger partial charge in [0.2, 0.25) is 23.0 Å². The van der Waals surface area contributed by atoms with Gasteiger partial charge in [-0.05, 0) is 66.6 Å². The van der Waals surface area contributed by atoms with E-state index in [4.69, 9.17) is 18.9 Å². The molecule has 0 saturated carbocycles. The van der Waals surface area contributed by atoms with Gasteiger partial charge in [0.05, 0.1) is 46.3 Å². The highest BCUT2D eigenvalue weighted by Crippen LogP contribution is 2.50. The number of ether oxygens (including phenoxy) is 4. The summed E-state index contributed by atoms with van der Waals surface area (Å²) >= 11 is 0. The first-order valence-electron chi connectivity index (χ1n) is 15.8. The Hall–Kier alpha value is -3.83. The highest BCUT2D eigenvalue weighted by atomic mass is 16.5. The number of anilines is 1. The monoisotopic (exact) mass is 624 g/mol. The Labute approximate surface area is 265 Å². The molecule has 45 heavy (non-hydrogen) atoms. The van der Waals surface area contributed by atoms with Gasteiger partial charge in [-0.25, -0.2) is 0 Å². The number of hydrogen-bond donors (Lipinski definition) is 3. The molecule has 0 spiro atoms. The SMILES string of the molecule is CC[C@@H](C)[C@H](Nc1ccc2c(cc1=O)[C@@H](NC(C)=O)CCc1cc(OC)c(OC)c(OC)c1-2)C(=O)NCCCN1CCOCC1. The normalized spacial score (nSPS) is 17.5. The highest BCUT2D eigenvalue weighted by molar-refractivity contribution is 5.86. The average molecular weight is 625 g/mol. The second kappa shape index (κ2) is 15.9. The van der Waals surface area contributed by atoms with E-state index in [-0.39, 0.29) is 23.2 Å². The van der Waals surface area contributed by atoms with Gasteiger partial charge < -0.3 is 34.9 Å².